The van der Waals surface area contributed by atoms with Crippen molar-refractivity contribution in [1.29, 1.82) is 0 Å². The Hall–Kier alpha value is -0.150. The van der Waals surface area contributed by atoms with Gasteiger partial charge in [-0.05, 0) is 45.3 Å². The maximum atomic E-state index is 13.9. The lowest BCUT2D eigenvalue weighted by Gasteiger charge is -2.42. The summed E-state index contributed by atoms with van der Waals surface area (Å²) in [5.41, 5.74) is 0. The van der Waals surface area contributed by atoms with E-state index in [1.807, 2.05) is 0 Å². The molecule has 2 heterocycles. The molecule has 0 N–H and O–H groups in total. The van der Waals surface area contributed by atoms with Crippen LogP contribution in [0.2, 0.25) is 0 Å². The van der Waals surface area contributed by atoms with Crippen LogP contribution in [0.3, 0.4) is 0 Å². The van der Waals surface area contributed by atoms with Gasteiger partial charge < -0.3 is 4.90 Å². The van der Waals surface area contributed by atoms with Crippen LogP contribution in [0.1, 0.15) is 32.6 Å². The second kappa shape index (κ2) is 5.46. The molecule has 2 aliphatic heterocycles. The summed E-state index contributed by atoms with van der Waals surface area (Å²) in [5, 5.41) is 0. The molecule has 3 atom stereocenters. The Kier molecular flexibility index (Phi) is 4.20. The summed E-state index contributed by atoms with van der Waals surface area (Å²) in [7, 11) is 2.18. The number of hydrogen-bond acceptors (Lipinski definition) is 2. The number of likely N-dealkylation sites (N-methyl/N-ethyl adjacent to an activating group) is 1. The van der Waals surface area contributed by atoms with Crippen LogP contribution >= 0.6 is 0 Å². The van der Waals surface area contributed by atoms with Gasteiger partial charge in [-0.3, -0.25) is 4.90 Å². The van der Waals surface area contributed by atoms with Gasteiger partial charge in [0.2, 0.25) is 0 Å². The Morgan fingerprint density at radius 1 is 1.19 bits per heavy atom. The van der Waals surface area contributed by atoms with Crippen molar-refractivity contribution in [2.45, 2.75) is 44.8 Å². The van der Waals surface area contributed by atoms with Crippen molar-refractivity contribution < 1.29 is 4.39 Å². The van der Waals surface area contributed by atoms with Gasteiger partial charge in [0.05, 0.1) is 0 Å². The molecule has 16 heavy (non-hydrogen) atoms. The van der Waals surface area contributed by atoms with Crippen LogP contribution in [0.15, 0.2) is 0 Å². The van der Waals surface area contributed by atoms with Crippen LogP contribution in [0, 0.1) is 5.92 Å². The molecular formula is C13H25FN2. The summed E-state index contributed by atoms with van der Waals surface area (Å²) in [4.78, 5) is 4.78. The smallest absolute Gasteiger partial charge is 0.116 e. The SMILES string of the molecule is CC[C@@H]1CCN(C2CCCN(C)C2)C[C@@H]1F. The van der Waals surface area contributed by atoms with E-state index < -0.39 is 6.17 Å². The van der Waals surface area contributed by atoms with Crippen LogP contribution in [-0.2, 0) is 0 Å². The molecule has 94 valence electrons. The maximum Gasteiger partial charge on any atom is 0.116 e. The standard InChI is InChI=1S/C13H25FN2/c1-3-11-6-8-16(10-13(11)14)12-5-4-7-15(2)9-12/h11-13H,3-10H2,1-2H3/t11-,12?,13+/m1/s1. The highest BCUT2D eigenvalue weighted by atomic mass is 19.1. The van der Waals surface area contributed by atoms with Crippen molar-refractivity contribution in [2.24, 2.45) is 5.92 Å². The van der Waals surface area contributed by atoms with Gasteiger partial charge in [-0.25, -0.2) is 4.39 Å². The molecule has 0 aliphatic carbocycles. The lowest BCUT2D eigenvalue weighted by Crippen LogP contribution is -2.52. The number of hydrogen-bond donors (Lipinski definition) is 0. The molecule has 0 spiro atoms. The number of piperidine rings is 2. The second-order valence-electron chi connectivity index (χ2n) is 5.53. The van der Waals surface area contributed by atoms with Gasteiger partial charge in [-0.1, -0.05) is 13.3 Å². The molecule has 3 heteroatoms. The molecule has 2 saturated heterocycles. The topological polar surface area (TPSA) is 6.48 Å². The Bertz CT molecular complexity index is 222. The number of rotatable bonds is 2. The monoisotopic (exact) mass is 228 g/mol. The number of nitrogens with zero attached hydrogens (tertiary/aromatic N) is 2. The van der Waals surface area contributed by atoms with E-state index >= 15 is 0 Å². The first-order valence-electron chi connectivity index (χ1n) is 6.77. The zero-order valence-corrected chi connectivity index (χ0v) is 10.7. The van der Waals surface area contributed by atoms with Crippen LogP contribution in [0.4, 0.5) is 4.39 Å². The predicted octanol–water partition coefficient (Wildman–Crippen LogP) is 2.15. The van der Waals surface area contributed by atoms with Crippen molar-refractivity contribution in [1.82, 2.24) is 9.80 Å². The molecule has 1 unspecified atom stereocenters. The number of likely N-dealkylation sites (tertiary alicyclic amines) is 2. The first-order chi connectivity index (χ1) is 7.70. The quantitative estimate of drug-likeness (QED) is 0.714. The molecule has 0 bridgehead atoms. The van der Waals surface area contributed by atoms with E-state index in [1.165, 1.54) is 19.4 Å². The fourth-order valence-corrected chi connectivity index (χ4v) is 3.21. The van der Waals surface area contributed by atoms with E-state index in [1.54, 1.807) is 0 Å². The first-order valence-corrected chi connectivity index (χ1v) is 6.77. The third-order valence-corrected chi connectivity index (χ3v) is 4.35. The largest absolute Gasteiger partial charge is 0.305 e. The Morgan fingerprint density at radius 3 is 2.62 bits per heavy atom. The predicted molar refractivity (Wildman–Crippen MR) is 65.4 cm³/mol. The van der Waals surface area contributed by atoms with Gasteiger partial charge >= 0.3 is 0 Å². The average molecular weight is 228 g/mol. The molecule has 2 aliphatic rings. The number of halogens is 1. The van der Waals surface area contributed by atoms with Gasteiger partial charge in [0, 0.05) is 19.1 Å². The minimum atomic E-state index is -0.592. The van der Waals surface area contributed by atoms with E-state index in [0.717, 1.165) is 25.9 Å². The Balaban J connectivity index is 1.86. The minimum absolute atomic E-state index is 0.317. The van der Waals surface area contributed by atoms with Crippen molar-refractivity contribution in [2.75, 3.05) is 33.2 Å². The van der Waals surface area contributed by atoms with Gasteiger partial charge in [-0.15, -0.1) is 0 Å². The molecule has 0 aromatic heterocycles. The number of alkyl halides is 1. The Morgan fingerprint density at radius 2 is 2.00 bits per heavy atom. The lowest BCUT2D eigenvalue weighted by atomic mass is 9.90. The van der Waals surface area contributed by atoms with Crippen molar-refractivity contribution in [3.63, 3.8) is 0 Å². The molecule has 2 fully saturated rings. The molecule has 0 aromatic carbocycles. The molecule has 0 radical (unpaired) electrons. The van der Waals surface area contributed by atoms with Crippen LogP contribution in [0.25, 0.3) is 0 Å². The Labute approximate surface area is 98.8 Å². The summed E-state index contributed by atoms with van der Waals surface area (Å²) in [5.74, 6) is 0.317. The van der Waals surface area contributed by atoms with Crippen LogP contribution in [-0.4, -0.2) is 55.2 Å². The zero-order chi connectivity index (χ0) is 11.5. The highest BCUT2D eigenvalue weighted by Crippen LogP contribution is 2.26. The normalized spacial score (nSPS) is 38.8. The maximum absolute atomic E-state index is 13.9. The molecule has 2 rings (SSSR count). The minimum Gasteiger partial charge on any atom is -0.305 e. The highest BCUT2D eigenvalue weighted by Gasteiger charge is 2.32. The third-order valence-electron chi connectivity index (χ3n) is 4.35. The lowest BCUT2D eigenvalue weighted by molar-refractivity contribution is 0.0292. The van der Waals surface area contributed by atoms with E-state index in [0.29, 0.717) is 18.5 Å². The van der Waals surface area contributed by atoms with Gasteiger partial charge in [0.1, 0.15) is 6.17 Å². The first kappa shape index (κ1) is 12.3. The van der Waals surface area contributed by atoms with E-state index in [-0.39, 0.29) is 0 Å². The van der Waals surface area contributed by atoms with Gasteiger partial charge in [0.25, 0.3) is 0 Å². The molecule has 0 saturated carbocycles. The summed E-state index contributed by atoms with van der Waals surface area (Å²) < 4.78 is 13.9. The van der Waals surface area contributed by atoms with Gasteiger partial charge in [-0.2, -0.15) is 0 Å². The second-order valence-corrected chi connectivity index (χ2v) is 5.53. The van der Waals surface area contributed by atoms with Crippen LogP contribution in [0.5, 0.6) is 0 Å². The fourth-order valence-electron chi connectivity index (χ4n) is 3.21. The average Bonchev–Trinajstić information content (AvgIpc) is 2.29. The van der Waals surface area contributed by atoms with E-state index in [2.05, 4.69) is 23.8 Å². The van der Waals surface area contributed by atoms with Crippen molar-refractivity contribution >= 4 is 0 Å². The molecule has 0 amide bonds. The fraction of sp³-hybridized carbons (Fsp3) is 1.00. The highest BCUT2D eigenvalue weighted by molar-refractivity contribution is 4.86. The van der Waals surface area contributed by atoms with Gasteiger partial charge in [0.15, 0.2) is 0 Å². The summed E-state index contributed by atoms with van der Waals surface area (Å²) >= 11 is 0. The summed E-state index contributed by atoms with van der Waals surface area (Å²) in [6, 6.07) is 0.606. The van der Waals surface area contributed by atoms with Crippen molar-refractivity contribution in [3.8, 4) is 0 Å². The summed E-state index contributed by atoms with van der Waals surface area (Å²) in [6.07, 6.45) is 3.99. The molecule has 2 nitrogen and oxygen atoms in total. The zero-order valence-electron chi connectivity index (χ0n) is 10.7. The van der Waals surface area contributed by atoms with Crippen LogP contribution < -0.4 is 0 Å². The van der Waals surface area contributed by atoms with Crippen molar-refractivity contribution in [3.05, 3.63) is 0 Å². The molecule has 0 aromatic rings. The summed E-state index contributed by atoms with van der Waals surface area (Å²) in [6.45, 7) is 6.24. The van der Waals surface area contributed by atoms with E-state index in [4.69, 9.17) is 0 Å². The third kappa shape index (κ3) is 2.75. The molecular weight excluding hydrogens is 203 g/mol. The van der Waals surface area contributed by atoms with E-state index in [9.17, 15) is 4.39 Å².